The molecule has 6 heteroatoms. The van der Waals surface area contributed by atoms with Crippen LogP contribution in [0, 0.1) is 17.2 Å². The lowest BCUT2D eigenvalue weighted by atomic mass is 10.00. The molecule has 2 rings (SSSR count). The van der Waals surface area contributed by atoms with E-state index in [-0.39, 0.29) is 5.56 Å². The number of rotatable bonds is 1. The summed E-state index contributed by atoms with van der Waals surface area (Å²) in [5.74, 6) is 0.960. The fourth-order valence-electron chi connectivity index (χ4n) is 2.68. The molecule has 0 amide bonds. The zero-order valence-corrected chi connectivity index (χ0v) is 11.5. The second-order valence-electron chi connectivity index (χ2n) is 5.21. The zero-order valence-electron chi connectivity index (χ0n) is 11.5. The Morgan fingerprint density at radius 2 is 1.95 bits per heavy atom. The van der Waals surface area contributed by atoms with E-state index in [0.29, 0.717) is 11.7 Å². The molecule has 6 nitrogen and oxygen atoms in total. The third-order valence-corrected chi connectivity index (χ3v) is 3.70. The zero-order chi connectivity index (χ0) is 14.2. The molecular weight excluding hydrogens is 244 g/mol. The third-order valence-electron chi connectivity index (χ3n) is 3.70. The van der Waals surface area contributed by atoms with Crippen molar-refractivity contribution in [3.63, 3.8) is 0 Å². The number of nitrogens with zero attached hydrogens (tertiary/aromatic N) is 4. The van der Waals surface area contributed by atoms with Crippen LogP contribution in [0.2, 0.25) is 0 Å². The quantitative estimate of drug-likeness (QED) is 0.724. The molecular formula is C13H18N4O2. The van der Waals surface area contributed by atoms with Crippen molar-refractivity contribution >= 4 is 5.82 Å². The van der Waals surface area contributed by atoms with Gasteiger partial charge in [0.15, 0.2) is 5.56 Å². The average Bonchev–Trinajstić information content (AvgIpc) is 2.40. The minimum Gasteiger partial charge on any atom is -0.356 e. The Balaban J connectivity index is 2.66. The highest BCUT2D eigenvalue weighted by Gasteiger charge is 2.24. The van der Waals surface area contributed by atoms with Gasteiger partial charge >= 0.3 is 5.69 Å². The molecule has 1 saturated heterocycles. The molecule has 19 heavy (non-hydrogen) atoms. The van der Waals surface area contributed by atoms with E-state index in [2.05, 4.69) is 6.92 Å². The Labute approximate surface area is 111 Å². The van der Waals surface area contributed by atoms with Gasteiger partial charge in [0.05, 0.1) is 0 Å². The summed E-state index contributed by atoms with van der Waals surface area (Å²) in [5, 5.41) is 9.23. The molecule has 1 aliphatic rings. The second kappa shape index (κ2) is 4.92. The van der Waals surface area contributed by atoms with Crippen LogP contribution >= 0.6 is 0 Å². The molecule has 1 aliphatic heterocycles. The average molecular weight is 262 g/mol. The van der Waals surface area contributed by atoms with Crippen molar-refractivity contribution in [2.45, 2.75) is 19.8 Å². The summed E-state index contributed by atoms with van der Waals surface area (Å²) in [4.78, 5) is 26.0. The topological polar surface area (TPSA) is 71.0 Å². The first-order valence-corrected chi connectivity index (χ1v) is 6.42. The Hall–Kier alpha value is -2.03. The highest BCUT2D eigenvalue weighted by molar-refractivity contribution is 5.53. The van der Waals surface area contributed by atoms with Crippen LogP contribution in [0.3, 0.4) is 0 Å². The number of piperidine rings is 1. The van der Waals surface area contributed by atoms with Gasteiger partial charge in [0.2, 0.25) is 0 Å². The van der Waals surface area contributed by atoms with E-state index < -0.39 is 11.2 Å². The monoisotopic (exact) mass is 262 g/mol. The number of aromatic nitrogens is 2. The van der Waals surface area contributed by atoms with Crippen LogP contribution < -0.4 is 16.1 Å². The largest absolute Gasteiger partial charge is 0.356 e. The van der Waals surface area contributed by atoms with Crippen molar-refractivity contribution in [1.82, 2.24) is 9.13 Å². The molecule has 102 valence electrons. The van der Waals surface area contributed by atoms with Gasteiger partial charge in [0.25, 0.3) is 5.56 Å². The van der Waals surface area contributed by atoms with Crippen molar-refractivity contribution in [2.24, 2.45) is 20.0 Å². The standard InChI is InChI=1S/C13H18N4O2/c1-9-5-4-6-17(8-9)11-10(7-14)12(18)16(3)13(19)15(11)2/h9H,4-6,8H2,1-3H3. The first-order valence-electron chi connectivity index (χ1n) is 6.42. The van der Waals surface area contributed by atoms with Crippen LogP contribution in [0.5, 0.6) is 0 Å². The molecule has 1 fully saturated rings. The first kappa shape index (κ1) is 13.4. The molecule has 0 saturated carbocycles. The summed E-state index contributed by atoms with van der Waals surface area (Å²) >= 11 is 0. The van der Waals surface area contributed by atoms with Crippen molar-refractivity contribution < 1.29 is 0 Å². The van der Waals surface area contributed by atoms with Crippen molar-refractivity contribution in [1.29, 1.82) is 5.26 Å². The summed E-state index contributed by atoms with van der Waals surface area (Å²) in [6.07, 6.45) is 2.15. The maximum absolute atomic E-state index is 12.0. The molecule has 1 aromatic heterocycles. The predicted octanol–water partition coefficient (Wildman–Crippen LogP) is 0.192. The molecule has 1 unspecified atom stereocenters. The van der Waals surface area contributed by atoms with Gasteiger partial charge in [0, 0.05) is 27.2 Å². The van der Waals surface area contributed by atoms with E-state index in [1.165, 1.54) is 11.6 Å². The Bertz CT molecular complexity index is 650. The van der Waals surface area contributed by atoms with Gasteiger partial charge in [-0.3, -0.25) is 13.9 Å². The minimum atomic E-state index is -0.515. The molecule has 0 N–H and O–H groups in total. The molecule has 1 atom stereocenters. The lowest BCUT2D eigenvalue weighted by molar-refractivity contribution is 0.439. The minimum absolute atomic E-state index is 0.0544. The highest BCUT2D eigenvalue weighted by atomic mass is 16.2. The van der Waals surface area contributed by atoms with Crippen LogP contribution in [-0.2, 0) is 14.1 Å². The smallest absolute Gasteiger partial charge is 0.332 e. The van der Waals surface area contributed by atoms with Gasteiger partial charge in [-0.1, -0.05) is 6.92 Å². The van der Waals surface area contributed by atoms with Gasteiger partial charge in [-0.05, 0) is 18.8 Å². The van der Waals surface area contributed by atoms with Crippen molar-refractivity contribution in [3.05, 3.63) is 26.4 Å². The van der Waals surface area contributed by atoms with Crippen LogP contribution in [-0.4, -0.2) is 22.2 Å². The molecule has 2 heterocycles. The molecule has 0 radical (unpaired) electrons. The van der Waals surface area contributed by atoms with Crippen LogP contribution in [0.25, 0.3) is 0 Å². The summed E-state index contributed by atoms with van der Waals surface area (Å²) in [6, 6.07) is 1.95. The molecule has 0 bridgehead atoms. The first-order chi connectivity index (χ1) is 8.97. The number of hydrogen-bond acceptors (Lipinski definition) is 4. The van der Waals surface area contributed by atoms with Gasteiger partial charge in [-0.25, -0.2) is 4.79 Å². The van der Waals surface area contributed by atoms with E-state index in [9.17, 15) is 14.9 Å². The van der Waals surface area contributed by atoms with Gasteiger partial charge < -0.3 is 4.90 Å². The normalized spacial score (nSPS) is 19.3. The van der Waals surface area contributed by atoms with Crippen LogP contribution in [0.15, 0.2) is 9.59 Å². The van der Waals surface area contributed by atoms with Crippen molar-refractivity contribution in [3.8, 4) is 6.07 Å². The fourth-order valence-corrected chi connectivity index (χ4v) is 2.68. The van der Waals surface area contributed by atoms with E-state index in [4.69, 9.17) is 0 Å². The van der Waals surface area contributed by atoms with E-state index in [1.807, 2.05) is 11.0 Å². The molecule has 0 spiro atoms. The number of nitriles is 1. The Kier molecular flexibility index (Phi) is 3.47. The summed E-state index contributed by atoms with van der Waals surface area (Å²) in [5.41, 5.74) is -0.852. The SMILES string of the molecule is CC1CCCN(c2c(C#N)c(=O)n(C)c(=O)n2C)C1. The van der Waals surface area contributed by atoms with Gasteiger partial charge in [0.1, 0.15) is 11.9 Å². The third kappa shape index (κ3) is 2.16. The summed E-state index contributed by atoms with van der Waals surface area (Å²) in [6.45, 7) is 3.69. The summed E-state index contributed by atoms with van der Waals surface area (Å²) < 4.78 is 2.38. The second-order valence-corrected chi connectivity index (χ2v) is 5.21. The highest BCUT2D eigenvalue weighted by Crippen LogP contribution is 2.22. The number of anilines is 1. The fraction of sp³-hybridized carbons (Fsp3) is 0.615. The van der Waals surface area contributed by atoms with Gasteiger partial charge in [-0.15, -0.1) is 0 Å². The molecule has 0 aliphatic carbocycles. The molecule has 0 aromatic carbocycles. The lowest BCUT2D eigenvalue weighted by Crippen LogP contribution is -2.45. The van der Waals surface area contributed by atoms with Crippen molar-refractivity contribution in [2.75, 3.05) is 18.0 Å². The van der Waals surface area contributed by atoms with E-state index >= 15 is 0 Å². The van der Waals surface area contributed by atoms with E-state index in [0.717, 1.165) is 30.5 Å². The Morgan fingerprint density at radius 1 is 1.26 bits per heavy atom. The van der Waals surface area contributed by atoms with Crippen LogP contribution in [0.4, 0.5) is 5.82 Å². The van der Waals surface area contributed by atoms with Gasteiger partial charge in [-0.2, -0.15) is 5.26 Å². The lowest BCUT2D eigenvalue weighted by Gasteiger charge is -2.34. The maximum atomic E-state index is 12.0. The van der Waals surface area contributed by atoms with E-state index in [1.54, 1.807) is 7.05 Å². The Morgan fingerprint density at radius 3 is 2.53 bits per heavy atom. The molecule has 1 aromatic rings. The number of hydrogen-bond donors (Lipinski definition) is 0. The summed E-state index contributed by atoms with van der Waals surface area (Å²) in [7, 11) is 3.01. The predicted molar refractivity (Wildman–Crippen MR) is 72.3 cm³/mol. The maximum Gasteiger partial charge on any atom is 0.332 e. The van der Waals surface area contributed by atoms with Crippen LogP contribution in [0.1, 0.15) is 25.3 Å².